The Kier molecular flexibility index (Phi) is 5.88. The summed E-state index contributed by atoms with van der Waals surface area (Å²) in [7, 11) is -1.18. The van der Waals surface area contributed by atoms with Crippen molar-refractivity contribution in [1.29, 1.82) is 0 Å². The highest BCUT2D eigenvalue weighted by molar-refractivity contribution is 7.89. The Bertz CT molecular complexity index is 650. The molecular weight excluding hydrogens is 296 g/mol. The first-order valence-corrected chi connectivity index (χ1v) is 7.19. The van der Waals surface area contributed by atoms with Crippen molar-refractivity contribution in [3.05, 3.63) is 36.9 Å². The van der Waals surface area contributed by atoms with Crippen LogP contribution in [0.1, 0.15) is 0 Å². The Morgan fingerprint density at radius 2 is 1.62 bits per heavy atom. The second-order valence-electron chi connectivity index (χ2n) is 3.67. The monoisotopic (exact) mass is 312 g/mol. The summed E-state index contributed by atoms with van der Waals surface area (Å²) in [5.41, 5.74) is 5.86. The molecule has 0 bridgehead atoms. The highest BCUT2D eigenvalue weighted by atomic mass is 32.2. The van der Waals surface area contributed by atoms with Crippen LogP contribution in [-0.2, 0) is 10.0 Å². The van der Waals surface area contributed by atoms with Gasteiger partial charge in [0.25, 0.3) is 0 Å². The third-order valence-corrected chi connectivity index (χ3v) is 3.23. The van der Waals surface area contributed by atoms with E-state index in [1.54, 1.807) is 18.5 Å². The summed E-state index contributed by atoms with van der Waals surface area (Å²) in [5, 5.41) is 5.00. The molecule has 21 heavy (non-hydrogen) atoms. The van der Waals surface area contributed by atoms with Gasteiger partial charge < -0.3 is 15.2 Å². The number of ether oxygens (including phenoxy) is 2. The SMILES string of the molecule is COc1c(N)ccc(S(N)(=O)=O)c1OC.c1cncnc1. The zero-order valence-electron chi connectivity index (χ0n) is 11.6. The largest absolute Gasteiger partial charge is 0.491 e. The second-order valence-corrected chi connectivity index (χ2v) is 5.20. The maximum atomic E-state index is 11.2. The van der Waals surface area contributed by atoms with Crippen LogP contribution >= 0.6 is 0 Å². The number of hydrogen-bond donors (Lipinski definition) is 2. The number of sulfonamides is 1. The van der Waals surface area contributed by atoms with Gasteiger partial charge >= 0.3 is 0 Å². The molecule has 0 aliphatic heterocycles. The Morgan fingerprint density at radius 1 is 1.05 bits per heavy atom. The standard InChI is InChI=1S/C8H12N2O4S.C4H4N2/c1-13-7-5(9)3-4-6(8(7)14-2)15(10,11)12;1-2-5-4-6-3-1/h3-4H,9H2,1-2H3,(H2,10,11,12);1-4H. The predicted octanol–water partition coefficient (Wildman–Crippen LogP) is 0.410. The lowest BCUT2D eigenvalue weighted by Gasteiger charge is -2.12. The van der Waals surface area contributed by atoms with Gasteiger partial charge in [-0.3, -0.25) is 0 Å². The van der Waals surface area contributed by atoms with Crippen molar-refractivity contribution < 1.29 is 17.9 Å². The number of anilines is 1. The fraction of sp³-hybridized carbons (Fsp3) is 0.167. The van der Waals surface area contributed by atoms with Gasteiger partial charge in [0.1, 0.15) is 11.2 Å². The Balaban J connectivity index is 0.000000304. The summed E-state index contributed by atoms with van der Waals surface area (Å²) in [6.07, 6.45) is 4.88. The van der Waals surface area contributed by atoms with Crippen LogP contribution < -0.4 is 20.3 Å². The number of rotatable bonds is 3. The van der Waals surface area contributed by atoms with Gasteiger partial charge in [-0.05, 0) is 18.2 Å². The van der Waals surface area contributed by atoms with Gasteiger partial charge in [0.05, 0.1) is 19.9 Å². The Morgan fingerprint density at radius 3 is 1.95 bits per heavy atom. The van der Waals surface area contributed by atoms with Gasteiger partial charge in [0.15, 0.2) is 11.5 Å². The average Bonchev–Trinajstić information content (AvgIpc) is 2.48. The molecule has 0 amide bonds. The van der Waals surface area contributed by atoms with E-state index in [2.05, 4.69) is 9.97 Å². The van der Waals surface area contributed by atoms with E-state index >= 15 is 0 Å². The van der Waals surface area contributed by atoms with Gasteiger partial charge in [-0.1, -0.05) is 0 Å². The van der Waals surface area contributed by atoms with E-state index in [1.807, 2.05) is 0 Å². The molecule has 4 N–H and O–H groups in total. The van der Waals surface area contributed by atoms with E-state index < -0.39 is 10.0 Å². The minimum Gasteiger partial charge on any atom is -0.491 e. The molecule has 0 fully saturated rings. The summed E-state index contributed by atoms with van der Waals surface area (Å²) in [6.45, 7) is 0. The van der Waals surface area contributed by atoms with Gasteiger partial charge in [-0.25, -0.2) is 23.5 Å². The number of nitrogen functional groups attached to an aromatic ring is 1. The van der Waals surface area contributed by atoms with Crippen molar-refractivity contribution in [3.8, 4) is 11.5 Å². The number of primary sulfonamides is 1. The smallest absolute Gasteiger partial charge is 0.241 e. The normalized spacial score (nSPS) is 10.2. The van der Waals surface area contributed by atoms with E-state index in [9.17, 15) is 8.42 Å². The third-order valence-electron chi connectivity index (χ3n) is 2.30. The molecule has 0 unspecified atom stereocenters. The first-order valence-electron chi connectivity index (χ1n) is 5.65. The van der Waals surface area contributed by atoms with Crippen molar-refractivity contribution in [2.24, 2.45) is 5.14 Å². The van der Waals surface area contributed by atoms with Crippen LogP contribution in [0.5, 0.6) is 11.5 Å². The molecule has 0 aliphatic carbocycles. The molecule has 1 heterocycles. The van der Waals surface area contributed by atoms with Crippen molar-refractivity contribution in [1.82, 2.24) is 9.97 Å². The summed E-state index contributed by atoms with van der Waals surface area (Å²) in [5.74, 6) is 0.170. The molecule has 114 valence electrons. The van der Waals surface area contributed by atoms with Crippen LogP contribution in [0.25, 0.3) is 0 Å². The van der Waals surface area contributed by atoms with E-state index in [0.29, 0.717) is 0 Å². The van der Waals surface area contributed by atoms with Crippen LogP contribution in [0.2, 0.25) is 0 Å². The van der Waals surface area contributed by atoms with Gasteiger partial charge in [0.2, 0.25) is 10.0 Å². The number of aromatic nitrogens is 2. The van der Waals surface area contributed by atoms with Crippen LogP contribution in [0.3, 0.4) is 0 Å². The van der Waals surface area contributed by atoms with Crippen molar-refractivity contribution in [2.45, 2.75) is 4.90 Å². The molecule has 0 saturated heterocycles. The molecule has 1 aromatic carbocycles. The molecule has 8 nitrogen and oxygen atoms in total. The van der Waals surface area contributed by atoms with Gasteiger partial charge in [-0.2, -0.15) is 0 Å². The molecule has 2 aromatic rings. The zero-order chi connectivity index (χ0) is 15.9. The molecule has 0 aliphatic rings. The average molecular weight is 312 g/mol. The number of hydrogen-bond acceptors (Lipinski definition) is 7. The van der Waals surface area contributed by atoms with Crippen molar-refractivity contribution >= 4 is 15.7 Å². The molecule has 0 spiro atoms. The fourth-order valence-electron chi connectivity index (χ4n) is 1.44. The number of nitrogens with zero attached hydrogens (tertiary/aromatic N) is 2. The zero-order valence-corrected chi connectivity index (χ0v) is 12.4. The van der Waals surface area contributed by atoms with Crippen molar-refractivity contribution in [2.75, 3.05) is 20.0 Å². The summed E-state index contributed by atoms with van der Waals surface area (Å²) in [4.78, 5) is 7.19. The molecular formula is C12H16N4O4S. The van der Waals surface area contributed by atoms with E-state index in [-0.39, 0.29) is 22.1 Å². The first-order chi connectivity index (χ1) is 9.91. The summed E-state index contributed by atoms with van der Waals surface area (Å²) in [6, 6.07) is 4.44. The van der Waals surface area contributed by atoms with Crippen LogP contribution in [0.4, 0.5) is 5.69 Å². The molecule has 0 atom stereocenters. The summed E-state index contributed by atoms with van der Waals surface area (Å²) >= 11 is 0. The highest BCUT2D eigenvalue weighted by Crippen LogP contribution is 2.38. The van der Waals surface area contributed by atoms with Crippen LogP contribution in [0, 0.1) is 0 Å². The van der Waals surface area contributed by atoms with Crippen LogP contribution in [-0.4, -0.2) is 32.6 Å². The lowest BCUT2D eigenvalue weighted by Crippen LogP contribution is -2.14. The Labute approximate surface area is 122 Å². The number of nitrogens with two attached hydrogens (primary N) is 2. The van der Waals surface area contributed by atoms with Gasteiger partial charge in [0, 0.05) is 12.4 Å². The predicted molar refractivity (Wildman–Crippen MR) is 77.4 cm³/mol. The number of benzene rings is 1. The van der Waals surface area contributed by atoms with Crippen molar-refractivity contribution in [3.63, 3.8) is 0 Å². The lowest BCUT2D eigenvalue weighted by atomic mass is 10.3. The maximum absolute atomic E-state index is 11.2. The van der Waals surface area contributed by atoms with Gasteiger partial charge in [-0.15, -0.1) is 0 Å². The fourth-order valence-corrected chi connectivity index (χ4v) is 2.13. The summed E-state index contributed by atoms with van der Waals surface area (Å²) < 4.78 is 32.2. The van der Waals surface area contributed by atoms with E-state index in [0.717, 1.165) is 0 Å². The molecule has 1 aromatic heterocycles. The Hall–Kier alpha value is -2.39. The lowest BCUT2D eigenvalue weighted by molar-refractivity contribution is 0.348. The highest BCUT2D eigenvalue weighted by Gasteiger charge is 2.20. The topological polar surface area (TPSA) is 130 Å². The molecule has 0 saturated carbocycles. The van der Waals surface area contributed by atoms with E-state index in [1.165, 1.54) is 32.7 Å². The number of methoxy groups -OCH3 is 2. The first kappa shape index (κ1) is 16.7. The molecule has 2 rings (SSSR count). The minimum absolute atomic E-state index is 0.0139. The quantitative estimate of drug-likeness (QED) is 0.785. The molecule has 9 heteroatoms. The molecule has 0 radical (unpaired) electrons. The minimum atomic E-state index is -3.86. The third kappa shape index (κ3) is 4.58. The van der Waals surface area contributed by atoms with E-state index in [4.69, 9.17) is 20.3 Å². The second kappa shape index (κ2) is 7.41. The van der Waals surface area contributed by atoms with Crippen LogP contribution in [0.15, 0.2) is 41.8 Å². The maximum Gasteiger partial charge on any atom is 0.241 e.